The molecule has 2 N–H and O–H groups in total. The molecule has 0 atom stereocenters. The molecule has 0 spiro atoms. The highest BCUT2D eigenvalue weighted by Gasteiger charge is 2.10. The van der Waals surface area contributed by atoms with Crippen LogP contribution in [0.2, 0.25) is 0 Å². The number of rotatable bonds is 9. The maximum absolute atomic E-state index is 12.1. The second-order valence-electron chi connectivity index (χ2n) is 6.82. The van der Waals surface area contributed by atoms with Crippen molar-refractivity contribution in [2.75, 3.05) is 6.54 Å². The molecule has 0 unspecified atom stereocenters. The summed E-state index contributed by atoms with van der Waals surface area (Å²) in [5.41, 5.74) is 5.01. The molecule has 0 saturated heterocycles. The van der Waals surface area contributed by atoms with Gasteiger partial charge >= 0.3 is 0 Å². The van der Waals surface area contributed by atoms with Gasteiger partial charge in [0.2, 0.25) is 0 Å². The fourth-order valence-corrected chi connectivity index (χ4v) is 3.02. The average Bonchev–Trinajstić information content (AvgIpc) is 3.10. The maximum atomic E-state index is 12.1. The molecule has 0 bridgehead atoms. The maximum Gasteiger partial charge on any atom is 0.251 e. The molecular weight excluding hydrogens is 350 g/mol. The molecule has 28 heavy (non-hydrogen) atoms. The van der Waals surface area contributed by atoms with Gasteiger partial charge in [0.1, 0.15) is 0 Å². The Kier molecular flexibility index (Phi) is 6.92. The molecule has 3 rings (SSSR count). The second kappa shape index (κ2) is 9.80. The molecule has 0 fully saturated rings. The lowest BCUT2D eigenvalue weighted by molar-refractivity contribution is 0.0953. The van der Waals surface area contributed by atoms with Crippen LogP contribution in [-0.2, 0) is 20.1 Å². The van der Waals surface area contributed by atoms with Crippen LogP contribution in [-0.4, -0.2) is 27.2 Å². The Morgan fingerprint density at radius 1 is 1.07 bits per heavy atom. The molecule has 0 saturated carbocycles. The molecular formula is C22H27N5O. The molecule has 1 amide bonds. The lowest BCUT2D eigenvalue weighted by Crippen LogP contribution is -2.24. The lowest BCUT2D eigenvalue weighted by atomic mass is 10.1. The van der Waals surface area contributed by atoms with E-state index >= 15 is 0 Å². The Morgan fingerprint density at radius 2 is 1.82 bits per heavy atom. The largest absolute Gasteiger partial charge is 0.352 e. The first kappa shape index (κ1) is 19.8. The van der Waals surface area contributed by atoms with E-state index in [2.05, 4.69) is 27.6 Å². The van der Waals surface area contributed by atoms with E-state index in [4.69, 9.17) is 0 Å². The van der Waals surface area contributed by atoms with Crippen LogP contribution < -0.4 is 10.6 Å². The Hall–Kier alpha value is -2.99. The fraction of sp³-hybridized carbons (Fsp3) is 0.318. The second-order valence-corrected chi connectivity index (χ2v) is 6.82. The van der Waals surface area contributed by atoms with Crippen LogP contribution in [0.1, 0.15) is 41.3 Å². The van der Waals surface area contributed by atoms with Gasteiger partial charge in [0.25, 0.3) is 5.91 Å². The van der Waals surface area contributed by atoms with E-state index < -0.39 is 0 Å². The molecule has 0 radical (unpaired) electrons. The molecule has 0 aliphatic heterocycles. The van der Waals surface area contributed by atoms with Crippen molar-refractivity contribution in [3.8, 4) is 11.3 Å². The number of amides is 1. The van der Waals surface area contributed by atoms with E-state index in [9.17, 15) is 4.79 Å². The summed E-state index contributed by atoms with van der Waals surface area (Å²) in [5.74, 6) is -0.00897. The summed E-state index contributed by atoms with van der Waals surface area (Å²) in [6.07, 6.45) is 7.67. The highest BCUT2D eigenvalue weighted by Crippen LogP contribution is 2.21. The zero-order valence-electron chi connectivity index (χ0n) is 16.5. The van der Waals surface area contributed by atoms with Crippen LogP contribution in [0.15, 0.2) is 55.0 Å². The smallest absolute Gasteiger partial charge is 0.251 e. The van der Waals surface area contributed by atoms with Gasteiger partial charge in [-0.05, 0) is 36.2 Å². The third-order valence-corrected chi connectivity index (χ3v) is 4.53. The first-order chi connectivity index (χ1) is 13.7. The SMILES string of the molecule is CCCCNC(=O)c1ccc(CNCc2cn(C)nc2-c2ccncc2)cc1. The number of hydrogen-bond donors (Lipinski definition) is 2. The van der Waals surface area contributed by atoms with Crippen molar-refractivity contribution in [2.24, 2.45) is 7.05 Å². The Labute approximate surface area is 166 Å². The quantitative estimate of drug-likeness (QED) is 0.561. The number of pyridine rings is 1. The number of carbonyl (C=O) groups is 1. The van der Waals surface area contributed by atoms with Crippen molar-refractivity contribution >= 4 is 5.91 Å². The number of aryl methyl sites for hydroxylation is 1. The van der Waals surface area contributed by atoms with E-state index in [1.54, 1.807) is 12.4 Å². The van der Waals surface area contributed by atoms with Gasteiger partial charge in [-0.1, -0.05) is 25.5 Å². The number of aromatic nitrogens is 3. The first-order valence-electron chi connectivity index (χ1n) is 9.68. The average molecular weight is 377 g/mol. The van der Waals surface area contributed by atoms with Gasteiger partial charge in [-0.25, -0.2) is 0 Å². The van der Waals surface area contributed by atoms with Crippen molar-refractivity contribution in [1.29, 1.82) is 0 Å². The van der Waals surface area contributed by atoms with Gasteiger partial charge in [0.15, 0.2) is 0 Å². The van der Waals surface area contributed by atoms with Crippen LogP contribution in [0, 0.1) is 0 Å². The third kappa shape index (κ3) is 5.27. The predicted octanol–water partition coefficient (Wildman–Crippen LogP) is 3.30. The monoisotopic (exact) mass is 377 g/mol. The summed E-state index contributed by atoms with van der Waals surface area (Å²) < 4.78 is 1.83. The molecule has 1 aromatic carbocycles. The van der Waals surface area contributed by atoms with Crippen LogP contribution in [0.4, 0.5) is 0 Å². The zero-order valence-corrected chi connectivity index (χ0v) is 16.5. The molecule has 146 valence electrons. The highest BCUT2D eigenvalue weighted by atomic mass is 16.1. The van der Waals surface area contributed by atoms with Gasteiger partial charge in [-0.3, -0.25) is 14.5 Å². The molecule has 0 aliphatic rings. The van der Waals surface area contributed by atoms with E-state index in [0.29, 0.717) is 12.1 Å². The summed E-state index contributed by atoms with van der Waals surface area (Å²) in [6.45, 7) is 4.27. The lowest BCUT2D eigenvalue weighted by Gasteiger charge is -2.07. The molecule has 6 heteroatoms. The van der Waals surface area contributed by atoms with Crippen molar-refractivity contribution in [3.63, 3.8) is 0 Å². The van der Waals surface area contributed by atoms with Crippen LogP contribution in [0.5, 0.6) is 0 Å². The number of carbonyl (C=O) groups excluding carboxylic acids is 1. The van der Waals surface area contributed by atoms with Gasteiger partial charge in [-0.2, -0.15) is 5.10 Å². The van der Waals surface area contributed by atoms with Crippen molar-refractivity contribution in [3.05, 3.63) is 71.7 Å². The summed E-state index contributed by atoms with van der Waals surface area (Å²) in [7, 11) is 1.93. The third-order valence-electron chi connectivity index (χ3n) is 4.53. The fourth-order valence-electron chi connectivity index (χ4n) is 3.02. The minimum atomic E-state index is -0.00897. The van der Waals surface area contributed by atoms with E-state index in [0.717, 1.165) is 48.3 Å². The Morgan fingerprint density at radius 3 is 2.54 bits per heavy atom. The zero-order chi connectivity index (χ0) is 19.8. The molecule has 2 aromatic heterocycles. The van der Waals surface area contributed by atoms with Crippen LogP contribution >= 0.6 is 0 Å². The minimum Gasteiger partial charge on any atom is -0.352 e. The Bertz CT molecular complexity index is 887. The Balaban J connectivity index is 1.55. The van der Waals surface area contributed by atoms with Gasteiger partial charge < -0.3 is 10.6 Å². The number of benzene rings is 1. The van der Waals surface area contributed by atoms with Gasteiger partial charge in [0.05, 0.1) is 5.69 Å². The number of nitrogens with one attached hydrogen (secondary N) is 2. The normalized spacial score (nSPS) is 10.8. The van der Waals surface area contributed by atoms with Crippen LogP contribution in [0.3, 0.4) is 0 Å². The molecule has 0 aliphatic carbocycles. The summed E-state index contributed by atoms with van der Waals surface area (Å²) in [4.78, 5) is 16.1. The predicted molar refractivity (Wildman–Crippen MR) is 111 cm³/mol. The number of nitrogens with zero attached hydrogens (tertiary/aromatic N) is 3. The van der Waals surface area contributed by atoms with E-state index in [-0.39, 0.29) is 5.91 Å². The standard InChI is InChI=1S/C22H27N5O/c1-3-4-11-25-22(28)19-7-5-17(6-8-19)14-24-15-20-16-27(2)26-21(20)18-9-12-23-13-10-18/h5-10,12-13,16,24H,3-4,11,14-15H2,1-2H3,(H,25,28). The molecule has 6 nitrogen and oxygen atoms in total. The summed E-state index contributed by atoms with van der Waals surface area (Å²) in [6, 6.07) is 11.7. The van der Waals surface area contributed by atoms with Crippen LogP contribution in [0.25, 0.3) is 11.3 Å². The summed E-state index contributed by atoms with van der Waals surface area (Å²) >= 11 is 0. The topological polar surface area (TPSA) is 71.8 Å². The number of unbranched alkanes of at least 4 members (excludes halogenated alkanes) is 1. The minimum absolute atomic E-state index is 0.00897. The highest BCUT2D eigenvalue weighted by molar-refractivity contribution is 5.94. The van der Waals surface area contributed by atoms with Crippen molar-refractivity contribution < 1.29 is 4.79 Å². The summed E-state index contributed by atoms with van der Waals surface area (Å²) in [5, 5.41) is 11.0. The van der Waals surface area contributed by atoms with Crippen molar-refractivity contribution in [1.82, 2.24) is 25.4 Å². The molecule has 2 heterocycles. The van der Waals surface area contributed by atoms with Gasteiger partial charge in [-0.15, -0.1) is 0 Å². The van der Waals surface area contributed by atoms with E-state index in [1.807, 2.05) is 54.3 Å². The van der Waals surface area contributed by atoms with Gasteiger partial charge in [0, 0.05) is 62.0 Å². The number of hydrogen-bond acceptors (Lipinski definition) is 4. The van der Waals surface area contributed by atoms with E-state index in [1.165, 1.54) is 0 Å². The first-order valence-corrected chi connectivity index (χ1v) is 9.68. The molecule has 3 aromatic rings. The van der Waals surface area contributed by atoms with Crippen molar-refractivity contribution in [2.45, 2.75) is 32.9 Å².